The molecule has 0 aliphatic carbocycles. The molecule has 0 heterocycles. The first-order valence-electron chi connectivity index (χ1n) is 11.6. The molecule has 0 aliphatic rings. The summed E-state index contributed by atoms with van der Waals surface area (Å²) in [5, 5.41) is 9.94. The van der Waals surface area contributed by atoms with Crippen LogP contribution in [0.2, 0.25) is 0 Å². The largest absolute Gasteiger partial charge is 0.379 e. The molecular formula is C30H35N2O2. The fourth-order valence-corrected chi connectivity index (χ4v) is 4.06. The summed E-state index contributed by atoms with van der Waals surface area (Å²) in [7, 11) is 1.64. The van der Waals surface area contributed by atoms with E-state index in [9.17, 15) is 5.26 Å². The number of rotatable bonds is 8. The van der Waals surface area contributed by atoms with Crippen molar-refractivity contribution >= 4 is 5.69 Å². The van der Waals surface area contributed by atoms with E-state index >= 15 is 0 Å². The monoisotopic (exact) mass is 455 g/mol. The van der Waals surface area contributed by atoms with Crippen LogP contribution in [-0.4, -0.2) is 18.3 Å². The summed E-state index contributed by atoms with van der Waals surface area (Å²) in [6.07, 6.45) is 0.379. The van der Waals surface area contributed by atoms with E-state index in [4.69, 9.17) is 9.57 Å². The highest BCUT2D eigenvalue weighted by Crippen LogP contribution is 2.42. The third-order valence-corrected chi connectivity index (χ3v) is 6.00. The van der Waals surface area contributed by atoms with Crippen LogP contribution in [0.1, 0.15) is 53.5 Å². The summed E-state index contributed by atoms with van der Waals surface area (Å²) < 4.78 is 5.55. The fourth-order valence-electron chi connectivity index (χ4n) is 4.06. The SMILES string of the molecule is COC(C)(C)CC(C)(C#N)O[N]c1c(-c2ccccc2)cc(-c2ccccc2)cc1C(C)(C)C. The topological polar surface area (TPSA) is 56.4 Å². The number of methoxy groups -OCH3 is 1. The molecule has 0 saturated carbocycles. The van der Waals surface area contributed by atoms with Gasteiger partial charge in [-0.2, -0.15) is 5.26 Å². The Morgan fingerprint density at radius 2 is 1.35 bits per heavy atom. The highest BCUT2D eigenvalue weighted by Gasteiger charge is 2.36. The van der Waals surface area contributed by atoms with Crippen LogP contribution < -0.4 is 5.48 Å². The van der Waals surface area contributed by atoms with E-state index < -0.39 is 11.2 Å². The number of benzene rings is 3. The third-order valence-electron chi connectivity index (χ3n) is 6.00. The van der Waals surface area contributed by atoms with Crippen molar-refractivity contribution in [3.05, 3.63) is 78.4 Å². The van der Waals surface area contributed by atoms with Crippen LogP contribution in [0.25, 0.3) is 22.3 Å². The lowest BCUT2D eigenvalue weighted by molar-refractivity contribution is -0.0965. The zero-order chi connectivity index (χ0) is 25.0. The van der Waals surface area contributed by atoms with Gasteiger partial charge in [0.1, 0.15) is 11.8 Å². The van der Waals surface area contributed by atoms with Gasteiger partial charge in [0, 0.05) is 19.1 Å². The molecule has 0 aromatic heterocycles. The van der Waals surface area contributed by atoms with Crippen molar-refractivity contribution in [1.82, 2.24) is 5.48 Å². The van der Waals surface area contributed by atoms with Gasteiger partial charge in [-0.1, -0.05) is 81.4 Å². The number of nitrogens with zero attached hydrogens (tertiary/aromatic N) is 2. The smallest absolute Gasteiger partial charge is 0.184 e. The summed E-state index contributed by atoms with van der Waals surface area (Å²) in [4.78, 5) is 6.03. The molecule has 0 aliphatic heterocycles. The minimum atomic E-state index is -1.14. The van der Waals surface area contributed by atoms with E-state index in [-0.39, 0.29) is 5.41 Å². The lowest BCUT2D eigenvalue weighted by Crippen LogP contribution is -2.39. The van der Waals surface area contributed by atoms with Gasteiger partial charge in [-0.25, -0.2) is 4.84 Å². The predicted molar refractivity (Wildman–Crippen MR) is 139 cm³/mol. The normalized spacial score (nSPS) is 13.7. The Hall–Kier alpha value is -3.13. The number of nitriles is 1. The molecule has 0 fully saturated rings. The summed E-state index contributed by atoms with van der Waals surface area (Å²) >= 11 is 0. The molecule has 0 bridgehead atoms. The molecule has 34 heavy (non-hydrogen) atoms. The average Bonchev–Trinajstić information content (AvgIpc) is 2.82. The molecule has 4 nitrogen and oxygen atoms in total. The van der Waals surface area contributed by atoms with E-state index in [2.05, 4.69) is 68.7 Å². The van der Waals surface area contributed by atoms with Crippen molar-refractivity contribution in [2.45, 2.75) is 64.6 Å². The standard InChI is InChI=1S/C30H35N2O2/c1-28(2,3)26-19-24(22-14-10-8-11-15-22)18-25(23-16-12-9-13-17-23)27(26)32-34-30(6,21-31)20-29(4,5)33-7/h8-19H,20H2,1-7H3. The lowest BCUT2D eigenvalue weighted by atomic mass is 9.81. The third kappa shape index (κ3) is 6.05. The van der Waals surface area contributed by atoms with Crippen molar-refractivity contribution in [2.24, 2.45) is 0 Å². The molecule has 3 aromatic rings. The molecule has 1 unspecified atom stereocenters. The van der Waals surface area contributed by atoms with E-state index in [1.54, 1.807) is 14.0 Å². The summed E-state index contributed by atoms with van der Waals surface area (Å²) in [6, 6.07) is 27.2. The van der Waals surface area contributed by atoms with Crippen LogP contribution >= 0.6 is 0 Å². The fraction of sp³-hybridized carbons (Fsp3) is 0.367. The van der Waals surface area contributed by atoms with Gasteiger partial charge in [-0.15, -0.1) is 5.48 Å². The molecule has 1 radical (unpaired) electrons. The molecule has 0 amide bonds. The second kappa shape index (κ2) is 10.0. The predicted octanol–water partition coefficient (Wildman–Crippen LogP) is 7.58. The van der Waals surface area contributed by atoms with Gasteiger partial charge >= 0.3 is 0 Å². The lowest BCUT2D eigenvalue weighted by Gasteiger charge is -2.32. The molecule has 4 heteroatoms. The van der Waals surface area contributed by atoms with E-state index in [0.717, 1.165) is 33.5 Å². The van der Waals surface area contributed by atoms with Gasteiger partial charge < -0.3 is 4.74 Å². The van der Waals surface area contributed by atoms with Gasteiger partial charge in [-0.05, 0) is 60.6 Å². The minimum Gasteiger partial charge on any atom is -0.379 e. The maximum Gasteiger partial charge on any atom is 0.184 e. The number of ether oxygens (including phenoxy) is 1. The maximum absolute atomic E-state index is 9.94. The Balaban J connectivity index is 2.16. The molecule has 0 saturated heterocycles. The van der Waals surface area contributed by atoms with Crippen molar-refractivity contribution in [3.8, 4) is 28.3 Å². The van der Waals surface area contributed by atoms with Crippen LogP contribution in [0, 0.1) is 11.3 Å². The van der Waals surface area contributed by atoms with E-state index in [0.29, 0.717) is 6.42 Å². The Labute approximate surface area is 204 Å². The molecular weight excluding hydrogens is 420 g/mol. The van der Waals surface area contributed by atoms with Gasteiger partial charge in [-0.3, -0.25) is 0 Å². The summed E-state index contributed by atoms with van der Waals surface area (Å²) in [5.41, 5.74) is 8.88. The summed E-state index contributed by atoms with van der Waals surface area (Å²) in [5.74, 6) is 0. The highest BCUT2D eigenvalue weighted by atomic mass is 16.7. The second-order valence-electron chi connectivity index (χ2n) is 10.6. The zero-order valence-electron chi connectivity index (χ0n) is 21.3. The maximum atomic E-state index is 9.94. The first-order chi connectivity index (χ1) is 16.0. The van der Waals surface area contributed by atoms with Crippen molar-refractivity contribution in [2.75, 3.05) is 7.11 Å². The Morgan fingerprint density at radius 1 is 0.794 bits per heavy atom. The van der Waals surface area contributed by atoms with Crippen LogP contribution in [-0.2, 0) is 15.0 Å². The zero-order valence-corrected chi connectivity index (χ0v) is 21.3. The molecule has 177 valence electrons. The Morgan fingerprint density at radius 3 is 1.85 bits per heavy atom. The van der Waals surface area contributed by atoms with Crippen LogP contribution in [0.5, 0.6) is 0 Å². The molecule has 3 rings (SSSR count). The molecule has 0 N–H and O–H groups in total. The number of hydrogen-bond acceptors (Lipinski definition) is 3. The van der Waals surface area contributed by atoms with Gasteiger partial charge in [0.25, 0.3) is 0 Å². The first-order valence-corrected chi connectivity index (χ1v) is 11.6. The van der Waals surface area contributed by atoms with E-state index in [1.807, 2.05) is 50.2 Å². The minimum absolute atomic E-state index is 0.203. The van der Waals surface area contributed by atoms with Crippen LogP contribution in [0.4, 0.5) is 5.69 Å². The van der Waals surface area contributed by atoms with E-state index in [1.165, 1.54) is 0 Å². The van der Waals surface area contributed by atoms with Crippen molar-refractivity contribution in [3.63, 3.8) is 0 Å². The quantitative estimate of drug-likeness (QED) is 0.329. The van der Waals surface area contributed by atoms with Gasteiger partial charge in [0.15, 0.2) is 5.60 Å². The van der Waals surface area contributed by atoms with Crippen molar-refractivity contribution < 1.29 is 9.57 Å². The summed E-state index contributed by atoms with van der Waals surface area (Å²) in [6.45, 7) is 12.1. The molecule has 0 spiro atoms. The van der Waals surface area contributed by atoms with Gasteiger partial charge in [0.05, 0.1) is 5.60 Å². The average molecular weight is 456 g/mol. The van der Waals surface area contributed by atoms with Crippen molar-refractivity contribution in [1.29, 1.82) is 5.26 Å². The second-order valence-corrected chi connectivity index (χ2v) is 10.6. The van der Waals surface area contributed by atoms with Crippen LogP contribution in [0.15, 0.2) is 72.8 Å². The molecule has 3 aromatic carbocycles. The van der Waals surface area contributed by atoms with Gasteiger partial charge in [0.2, 0.25) is 0 Å². The highest BCUT2D eigenvalue weighted by molar-refractivity contribution is 5.84. The van der Waals surface area contributed by atoms with Crippen LogP contribution in [0.3, 0.4) is 0 Å². The first kappa shape index (κ1) is 25.5. The number of hydrogen-bond donors (Lipinski definition) is 0. The Bertz CT molecular complexity index is 1140. The Kier molecular flexibility index (Phi) is 7.51. The molecule has 1 atom stereocenters.